The highest BCUT2D eigenvalue weighted by Gasteiger charge is 2.11. The normalized spacial score (nSPS) is 10.6. The maximum Gasteiger partial charge on any atom is 0.224 e. The molecule has 134 valence electrons. The molecule has 0 saturated carbocycles. The third-order valence-corrected chi connectivity index (χ3v) is 4.18. The van der Waals surface area contributed by atoms with Crippen molar-refractivity contribution in [2.75, 3.05) is 12.4 Å². The number of ether oxygens (including phenoxy) is 1. The van der Waals surface area contributed by atoms with Crippen LogP contribution in [0.5, 0.6) is 5.75 Å². The number of hydrogen-bond donors (Lipinski definition) is 1. The molecule has 0 atom stereocenters. The second-order valence-corrected chi connectivity index (χ2v) is 6.29. The van der Waals surface area contributed by atoms with E-state index in [1.54, 1.807) is 25.4 Å². The molecule has 0 bridgehead atoms. The lowest BCUT2D eigenvalue weighted by molar-refractivity contribution is -0.116. The Morgan fingerprint density at radius 1 is 1.27 bits per heavy atom. The number of aryl methyl sites for hydroxylation is 2. The molecule has 3 aromatic rings. The van der Waals surface area contributed by atoms with E-state index in [0.717, 1.165) is 16.9 Å². The number of benzene rings is 2. The van der Waals surface area contributed by atoms with Crippen LogP contribution in [0.3, 0.4) is 0 Å². The van der Waals surface area contributed by atoms with Gasteiger partial charge in [-0.15, -0.1) is 0 Å². The number of rotatable bonds is 6. The van der Waals surface area contributed by atoms with Gasteiger partial charge in [0.15, 0.2) is 11.7 Å². The molecule has 1 N–H and O–H groups in total. The Balaban J connectivity index is 1.61. The van der Waals surface area contributed by atoms with E-state index >= 15 is 0 Å². The van der Waals surface area contributed by atoms with Crippen molar-refractivity contribution in [2.45, 2.75) is 19.8 Å². The van der Waals surface area contributed by atoms with Crippen LogP contribution in [0.2, 0.25) is 5.02 Å². The number of anilines is 1. The Hall–Kier alpha value is -2.79. The first-order valence-electron chi connectivity index (χ1n) is 8.20. The molecule has 1 amide bonds. The SMILES string of the molecule is COc1cccc(-c2cnc(CCC(=O)Nc3cc(Cl)ccc3C)o2)c1. The number of hydrogen-bond acceptors (Lipinski definition) is 4. The summed E-state index contributed by atoms with van der Waals surface area (Å²) in [6.45, 7) is 1.92. The number of oxazole rings is 1. The van der Waals surface area contributed by atoms with Crippen LogP contribution in [0.4, 0.5) is 5.69 Å². The zero-order valence-corrected chi connectivity index (χ0v) is 15.3. The second-order valence-electron chi connectivity index (χ2n) is 5.86. The van der Waals surface area contributed by atoms with Crippen molar-refractivity contribution in [3.8, 4) is 17.1 Å². The number of amides is 1. The number of nitrogens with zero attached hydrogens (tertiary/aromatic N) is 1. The van der Waals surface area contributed by atoms with Crippen LogP contribution in [-0.4, -0.2) is 18.0 Å². The Kier molecular flexibility index (Phi) is 5.58. The van der Waals surface area contributed by atoms with Crippen molar-refractivity contribution in [3.63, 3.8) is 0 Å². The Morgan fingerprint density at radius 2 is 2.12 bits per heavy atom. The molecule has 0 radical (unpaired) electrons. The first-order valence-corrected chi connectivity index (χ1v) is 8.58. The first kappa shape index (κ1) is 18.0. The number of methoxy groups -OCH3 is 1. The third kappa shape index (κ3) is 4.43. The standard InChI is InChI=1S/C20H19ClN2O3/c1-13-6-7-15(21)11-17(13)23-19(24)8-9-20-22-12-18(26-20)14-4-3-5-16(10-14)25-2/h3-7,10-12H,8-9H2,1-2H3,(H,23,24). The maximum absolute atomic E-state index is 12.2. The number of carbonyl (C=O) groups excluding carboxylic acids is 1. The molecular formula is C20H19ClN2O3. The van der Waals surface area contributed by atoms with Crippen LogP contribution in [0, 0.1) is 6.92 Å². The minimum absolute atomic E-state index is 0.114. The lowest BCUT2D eigenvalue weighted by atomic mass is 10.2. The predicted octanol–water partition coefficient (Wildman–Crippen LogP) is 4.88. The van der Waals surface area contributed by atoms with E-state index in [1.807, 2.05) is 37.3 Å². The van der Waals surface area contributed by atoms with Gasteiger partial charge in [-0.25, -0.2) is 4.98 Å². The van der Waals surface area contributed by atoms with Gasteiger partial charge in [0.1, 0.15) is 5.75 Å². The zero-order valence-electron chi connectivity index (χ0n) is 14.6. The number of nitrogens with one attached hydrogen (secondary N) is 1. The maximum atomic E-state index is 12.2. The summed E-state index contributed by atoms with van der Waals surface area (Å²) < 4.78 is 11.0. The van der Waals surface area contributed by atoms with Crippen LogP contribution >= 0.6 is 11.6 Å². The molecule has 0 spiro atoms. The van der Waals surface area contributed by atoms with Crippen LogP contribution < -0.4 is 10.1 Å². The fourth-order valence-electron chi connectivity index (χ4n) is 2.50. The van der Waals surface area contributed by atoms with Gasteiger partial charge in [0.05, 0.1) is 13.3 Å². The molecule has 0 aliphatic rings. The highest BCUT2D eigenvalue weighted by molar-refractivity contribution is 6.31. The average molecular weight is 371 g/mol. The monoisotopic (exact) mass is 370 g/mol. The molecule has 1 aromatic heterocycles. The van der Waals surface area contributed by atoms with Crippen molar-refractivity contribution >= 4 is 23.2 Å². The van der Waals surface area contributed by atoms with E-state index in [0.29, 0.717) is 28.8 Å². The quantitative estimate of drug-likeness (QED) is 0.671. The zero-order chi connectivity index (χ0) is 18.5. The molecular weight excluding hydrogens is 352 g/mol. The van der Waals surface area contributed by atoms with Gasteiger partial charge in [0.25, 0.3) is 0 Å². The van der Waals surface area contributed by atoms with Gasteiger partial charge >= 0.3 is 0 Å². The van der Waals surface area contributed by atoms with E-state index in [1.165, 1.54) is 0 Å². The van der Waals surface area contributed by atoms with Crippen LogP contribution in [0.15, 0.2) is 53.1 Å². The largest absolute Gasteiger partial charge is 0.497 e. The average Bonchev–Trinajstić information content (AvgIpc) is 3.12. The molecule has 6 heteroatoms. The fourth-order valence-corrected chi connectivity index (χ4v) is 2.67. The van der Waals surface area contributed by atoms with Crippen molar-refractivity contribution in [1.82, 2.24) is 4.98 Å². The summed E-state index contributed by atoms with van der Waals surface area (Å²) in [5, 5.41) is 3.45. The summed E-state index contributed by atoms with van der Waals surface area (Å²) in [5.41, 5.74) is 2.55. The summed E-state index contributed by atoms with van der Waals surface area (Å²) in [6, 6.07) is 12.9. The van der Waals surface area contributed by atoms with Gasteiger partial charge < -0.3 is 14.5 Å². The fraction of sp³-hybridized carbons (Fsp3) is 0.200. The molecule has 2 aromatic carbocycles. The molecule has 0 aliphatic carbocycles. The molecule has 3 rings (SSSR count). The van der Waals surface area contributed by atoms with Crippen LogP contribution in [0.1, 0.15) is 17.9 Å². The highest BCUT2D eigenvalue weighted by Crippen LogP contribution is 2.25. The summed E-state index contributed by atoms with van der Waals surface area (Å²) in [6.07, 6.45) is 2.34. The van der Waals surface area contributed by atoms with Crippen LogP contribution in [-0.2, 0) is 11.2 Å². The van der Waals surface area contributed by atoms with Crippen LogP contribution in [0.25, 0.3) is 11.3 Å². The van der Waals surface area contributed by atoms with Crippen molar-refractivity contribution < 1.29 is 13.9 Å². The van der Waals surface area contributed by atoms with E-state index < -0.39 is 0 Å². The van der Waals surface area contributed by atoms with Gasteiger partial charge in [-0.3, -0.25) is 4.79 Å². The topological polar surface area (TPSA) is 64.4 Å². The number of halogens is 1. The Bertz CT molecular complexity index is 921. The minimum atomic E-state index is -0.114. The number of carbonyl (C=O) groups is 1. The Morgan fingerprint density at radius 3 is 2.92 bits per heavy atom. The lowest BCUT2D eigenvalue weighted by Crippen LogP contribution is -2.13. The summed E-state index contributed by atoms with van der Waals surface area (Å²) >= 11 is 5.97. The summed E-state index contributed by atoms with van der Waals surface area (Å²) in [4.78, 5) is 16.4. The van der Waals surface area contributed by atoms with Gasteiger partial charge in [0.2, 0.25) is 5.91 Å². The van der Waals surface area contributed by atoms with E-state index in [-0.39, 0.29) is 12.3 Å². The molecule has 0 aliphatic heterocycles. The van der Waals surface area contributed by atoms with Gasteiger partial charge in [-0.1, -0.05) is 29.8 Å². The first-order chi connectivity index (χ1) is 12.5. The summed E-state index contributed by atoms with van der Waals surface area (Å²) in [7, 11) is 1.62. The van der Waals surface area contributed by atoms with Crippen molar-refractivity contribution in [1.29, 1.82) is 0 Å². The van der Waals surface area contributed by atoms with E-state index in [2.05, 4.69) is 10.3 Å². The van der Waals surface area contributed by atoms with E-state index in [9.17, 15) is 4.79 Å². The molecule has 1 heterocycles. The highest BCUT2D eigenvalue weighted by atomic mass is 35.5. The lowest BCUT2D eigenvalue weighted by Gasteiger charge is -2.08. The van der Waals surface area contributed by atoms with E-state index in [4.69, 9.17) is 20.8 Å². The smallest absolute Gasteiger partial charge is 0.224 e. The van der Waals surface area contributed by atoms with Gasteiger partial charge in [-0.2, -0.15) is 0 Å². The molecule has 0 unspecified atom stereocenters. The molecule has 5 nitrogen and oxygen atoms in total. The number of aromatic nitrogens is 1. The van der Waals surface area contributed by atoms with Crippen molar-refractivity contribution in [2.24, 2.45) is 0 Å². The van der Waals surface area contributed by atoms with Gasteiger partial charge in [0, 0.05) is 29.1 Å². The predicted molar refractivity (Wildman–Crippen MR) is 102 cm³/mol. The molecule has 26 heavy (non-hydrogen) atoms. The minimum Gasteiger partial charge on any atom is -0.497 e. The summed E-state index contributed by atoms with van der Waals surface area (Å²) in [5.74, 6) is 1.79. The van der Waals surface area contributed by atoms with Gasteiger partial charge in [-0.05, 0) is 36.8 Å². The third-order valence-electron chi connectivity index (χ3n) is 3.95. The van der Waals surface area contributed by atoms with Crippen molar-refractivity contribution in [3.05, 3.63) is 65.1 Å². The Labute approximate surface area is 157 Å². The molecule has 0 saturated heterocycles. The second kappa shape index (κ2) is 8.06. The molecule has 0 fully saturated rings.